The average Bonchev–Trinajstić information content (AvgIpc) is 3.40. The molecular weight excluding hydrogens is 440 g/mol. The Hall–Kier alpha value is -3.55. The number of nitrogens with zero attached hydrogens (tertiary/aromatic N) is 2. The van der Waals surface area contributed by atoms with Crippen LogP contribution in [0.4, 0.5) is 8.78 Å². The number of hydrogen-bond donors (Lipinski definition) is 1. The third-order valence-corrected chi connectivity index (χ3v) is 6.49. The average molecular weight is 466 g/mol. The van der Waals surface area contributed by atoms with Gasteiger partial charge in [0.1, 0.15) is 24.3 Å². The Bertz CT molecular complexity index is 1170. The van der Waals surface area contributed by atoms with Crippen molar-refractivity contribution in [1.82, 2.24) is 15.4 Å². The fourth-order valence-corrected chi connectivity index (χ4v) is 4.59. The quantitative estimate of drug-likeness (QED) is 0.571. The molecule has 2 aliphatic rings. The molecule has 2 fully saturated rings. The summed E-state index contributed by atoms with van der Waals surface area (Å²) in [4.78, 5) is 27.4. The lowest BCUT2D eigenvalue weighted by atomic mass is 9.96. The molecule has 1 aliphatic heterocycles. The van der Waals surface area contributed by atoms with Crippen molar-refractivity contribution in [3.8, 4) is 0 Å². The molecule has 3 unspecified atom stereocenters. The summed E-state index contributed by atoms with van der Waals surface area (Å²) in [5.74, 6) is -0.896. The highest BCUT2D eigenvalue weighted by Gasteiger charge is 2.40. The van der Waals surface area contributed by atoms with Gasteiger partial charge < -0.3 is 14.7 Å². The second-order valence-electron chi connectivity index (χ2n) is 8.97. The maximum absolute atomic E-state index is 14.8. The van der Waals surface area contributed by atoms with E-state index >= 15 is 0 Å². The first-order valence-corrected chi connectivity index (χ1v) is 11.5. The Morgan fingerprint density at radius 3 is 2.59 bits per heavy atom. The number of nitrogens with one attached hydrogen (secondary N) is 1. The maximum atomic E-state index is 14.8. The van der Waals surface area contributed by atoms with E-state index in [-0.39, 0.29) is 31.1 Å². The van der Waals surface area contributed by atoms with E-state index in [9.17, 15) is 18.4 Å². The fourth-order valence-electron chi connectivity index (χ4n) is 4.59. The van der Waals surface area contributed by atoms with Crippen molar-refractivity contribution in [2.24, 2.45) is 0 Å². The third-order valence-electron chi connectivity index (χ3n) is 6.49. The highest BCUT2D eigenvalue weighted by molar-refractivity contribution is 5.89. The zero-order valence-corrected chi connectivity index (χ0v) is 18.5. The molecule has 5 rings (SSSR count). The van der Waals surface area contributed by atoms with Crippen LogP contribution in [0.3, 0.4) is 0 Å². The lowest BCUT2D eigenvalue weighted by Gasteiger charge is -2.27. The Kier molecular flexibility index (Phi) is 6.13. The van der Waals surface area contributed by atoms with Crippen LogP contribution in [0, 0.1) is 5.82 Å². The first kappa shape index (κ1) is 22.3. The van der Waals surface area contributed by atoms with Gasteiger partial charge in [-0.2, -0.15) is 0 Å². The molecule has 1 saturated heterocycles. The molecule has 2 heterocycles. The number of aromatic nitrogens is 1. The van der Waals surface area contributed by atoms with Gasteiger partial charge in [-0.25, -0.2) is 8.78 Å². The first-order valence-electron chi connectivity index (χ1n) is 11.5. The number of amides is 2. The van der Waals surface area contributed by atoms with Gasteiger partial charge in [-0.05, 0) is 41.5 Å². The Morgan fingerprint density at radius 1 is 1.12 bits per heavy atom. The largest absolute Gasteiger partial charge is 0.364 e. The number of likely N-dealkylation sites (tertiary alicyclic amines) is 1. The summed E-state index contributed by atoms with van der Waals surface area (Å²) >= 11 is 0. The third kappa shape index (κ3) is 4.71. The minimum atomic E-state index is -1.30. The Balaban J connectivity index is 1.38. The van der Waals surface area contributed by atoms with Crippen LogP contribution in [0.25, 0.3) is 0 Å². The second-order valence-corrected chi connectivity index (χ2v) is 8.97. The van der Waals surface area contributed by atoms with Crippen molar-refractivity contribution in [2.45, 2.75) is 49.9 Å². The van der Waals surface area contributed by atoms with Gasteiger partial charge >= 0.3 is 0 Å². The van der Waals surface area contributed by atoms with Crippen LogP contribution in [0.5, 0.6) is 0 Å². The van der Waals surface area contributed by atoms with Crippen molar-refractivity contribution < 1.29 is 22.9 Å². The molecule has 1 saturated carbocycles. The number of benzene rings is 2. The van der Waals surface area contributed by atoms with E-state index in [1.165, 1.54) is 17.2 Å². The zero-order valence-electron chi connectivity index (χ0n) is 18.5. The van der Waals surface area contributed by atoms with E-state index in [0.717, 1.165) is 18.4 Å². The van der Waals surface area contributed by atoms with Gasteiger partial charge in [0.05, 0.1) is 24.7 Å². The summed E-state index contributed by atoms with van der Waals surface area (Å²) < 4.78 is 33.9. The molecule has 0 spiro atoms. The SMILES string of the molecule is O=C(NC(c1ccccc1)c1ccc(C2CC2)c(F)c1)C1CC(F)CN1C(=O)Cc1ccon1. The summed E-state index contributed by atoms with van der Waals surface area (Å²) in [6, 6.07) is 14.3. The van der Waals surface area contributed by atoms with Crippen molar-refractivity contribution in [1.29, 1.82) is 0 Å². The van der Waals surface area contributed by atoms with E-state index in [1.54, 1.807) is 12.1 Å². The van der Waals surface area contributed by atoms with Gasteiger partial charge in [0.15, 0.2) is 0 Å². The minimum Gasteiger partial charge on any atom is -0.364 e. The molecule has 34 heavy (non-hydrogen) atoms. The number of carbonyl (C=O) groups is 2. The molecule has 0 radical (unpaired) electrons. The molecule has 3 aromatic rings. The molecule has 8 heteroatoms. The molecule has 1 aliphatic carbocycles. The molecule has 1 aromatic heterocycles. The summed E-state index contributed by atoms with van der Waals surface area (Å²) in [7, 11) is 0. The summed E-state index contributed by atoms with van der Waals surface area (Å²) in [6.07, 6.45) is 1.85. The molecule has 1 N–H and O–H groups in total. The number of hydrogen-bond acceptors (Lipinski definition) is 4. The topological polar surface area (TPSA) is 75.4 Å². The Labute approximate surface area is 195 Å². The van der Waals surface area contributed by atoms with Gasteiger partial charge in [-0.3, -0.25) is 9.59 Å². The van der Waals surface area contributed by atoms with E-state index in [2.05, 4.69) is 10.5 Å². The van der Waals surface area contributed by atoms with Gasteiger partial charge in [-0.15, -0.1) is 0 Å². The van der Waals surface area contributed by atoms with E-state index < -0.39 is 30.1 Å². The molecule has 176 valence electrons. The first-order chi connectivity index (χ1) is 16.5. The monoisotopic (exact) mass is 465 g/mol. The van der Waals surface area contributed by atoms with Crippen LogP contribution in [-0.2, 0) is 16.0 Å². The van der Waals surface area contributed by atoms with Crippen molar-refractivity contribution >= 4 is 11.8 Å². The highest BCUT2D eigenvalue weighted by Crippen LogP contribution is 2.42. The summed E-state index contributed by atoms with van der Waals surface area (Å²) in [5, 5.41) is 6.67. The van der Waals surface area contributed by atoms with E-state index in [0.29, 0.717) is 16.8 Å². The number of rotatable bonds is 7. The normalized spacial score (nSPS) is 20.8. The molecule has 0 bridgehead atoms. The van der Waals surface area contributed by atoms with Gasteiger partial charge in [-0.1, -0.05) is 47.6 Å². The van der Waals surface area contributed by atoms with Crippen LogP contribution in [0.2, 0.25) is 0 Å². The number of alkyl halides is 1. The van der Waals surface area contributed by atoms with Gasteiger partial charge in [0.2, 0.25) is 11.8 Å². The predicted octanol–water partition coefficient (Wildman–Crippen LogP) is 4.08. The molecule has 6 nitrogen and oxygen atoms in total. The smallest absolute Gasteiger partial charge is 0.243 e. The lowest BCUT2D eigenvalue weighted by molar-refractivity contribution is -0.138. The van der Waals surface area contributed by atoms with Gasteiger partial charge in [0, 0.05) is 12.5 Å². The highest BCUT2D eigenvalue weighted by atomic mass is 19.1. The number of carbonyl (C=O) groups excluding carboxylic acids is 2. The van der Waals surface area contributed by atoms with E-state index in [1.807, 2.05) is 36.4 Å². The number of halogens is 2. The standard InChI is InChI=1S/C26H25F2N3O3/c27-19-13-23(31(15-19)24(32)14-20-10-11-34-30-20)26(33)29-25(17-4-2-1-3-5-17)18-8-9-21(16-6-7-16)22(28)12-18/h1-5,8-12,16,19,23,25H,6-7,13-15H2,(H,29,33). The molecule has 2 aromatic carbocycles. The fraction of sp³-hybridized carbons (Fsp3) is 0.346. The van der Waals surface area contributed by atoms with Crippen LogP contribution < -0.4 is 5.32 Å². The summed E-state index contributed by atoms with van der Waals surface area (Å²) in [6.45, 7) is -0.157. The van der Waals surface area contributed by atoms with Crippen molar-refractivity contribution in [3.05, 3.63) is 89.1 Å². The Morgan fingerprint density at radius 2 is 1.91 bits per heavy atom. The molecular formula is C26H25F2N3O3. The molecule has 3 atom stereocenters. The van der Waals surface area contributed by atoms with Crippen molar-refractivity contribution in [3.63, 3.8) is 0 Å². The lowest BCUT2D eigenvalue weighted by Crippen LogP contribution is -2.47. The maximum Gasteiger partial charge on any atom is 0.243 e. The zero-order chi connectivity index (χ0) is 23.7. The van der Waals surface area contributed by atoms with Crippen LogP contribution in [0.15, 0.2) is 65.4 Å². The van der Waals surface area contributed by atoms with E-state index in [4.69, 9.17) is 4.52 Å². The van der Waals surface area contributed by atoms with Gasteiger partial charge in [0.25, 0.3) is 0 Å². The predicted molar refractivity (Wildman–Crippen MR) is 120 cm³/mol. The van der Waals surface area contributed by atoms with Crippen LogP contribution >= 0.6 is 0 Å². The summed E-state index contributed by atoms with van der Waals surface area (Å²) in [5.41, 5.74) is 2.48. The molecule has 2 amide bonds. The minimum absolute atomic E-state index is 0.0804. The van der Waals surface area contributed by atoms with Crippen LogP contribution in [0.1, 0.15) is 53.6 Å². The second kappa shape index (κ2) is 9.37. The van der Waals surface area contributed by atoms with Crippen LogP contribution in [-0.4, -0.2) is 40.6 Å². The van der Waals surface area contributed by atoms with Crippen molar-refractivity contribution in [2.75, 3.05) is 6.54 Å².